The van der Waals surface area contributed by atoms with Gasteiger partial charge in [0, 0.05) is 19.5 Å². The summed E-state index contributed by atoms with van der Waals surface area (Å²) in [5.74, 6) is 0.411. The van der Waals surface area contributed by atoms with Crippen molar-refractivity contribution in [2.45, 2.75) is 25.8 Å². The normalized spacial score (nSPS) is 17.9. The fourth-order valence-corrected chi connectivity index (χ4v) is 1.88. The molecule has 1 aliphatic heterocycles. The van der Waals surface area contributed by atoms with Gasteiger partial charge in [-0.2, -0.15) is 0 Å². The van der Waals surface area contributed by atoms with Gasteiger partial charge in [0.25, 0.3) is 5.91 Å². The van der Waals surface area contributed by atoms with Gasteiger partial charge in [0.1, 0.15) is 11.5 Å². The second-order valence-electron chi connectivity index (χ2n) is 4.51. The Balaban J connectivity index is 1.96. The molecule has 6 heteroatoms. The smallest absolute Gasteiger partial charge is 0.270 e. The first kappa shape index (κ1) is 13.3. The number of nitrogens with one attached hydrogen (secondary N) is 3. The van der Waals surface area contributed by atoms with Crippen LogP contribution in [0.2, 0.25) is 0 Å². The third-order valence-corrected chi connectivity index (χ3v) is 2.85. The first-order chi connectivity index (χ1) is 9.19. The summed E-state index contributed by atoms with van der Waals surface area (Å²) in [6.45, 7) is 3.37. The summed E-state index contributed by atoms with van der Waals surface area (Å²) >= 11 is 0. The lowest BCUT2D eigenvalue weighted by Crippen LogP contribution is -2.36. The topological polar surface area (TPSA) is 83.1 Å². The number of amides is 2. The minimum Gasteiger partial charge on any atom is -0.370 e. The second-order valence-corrected chi connectivity index (χ2v) is 4.51. The third-order valence-electron chi connectivity index (χ3n) is 2.85. The molecule has 102 valence electrons. The molecule has 1 aromatic heterocycles. The first-order valence-electron chi connectivity index (χ1n) is 6.47. The molecule has 0 aromatic carbocycles. The lowest BCUT2D eigenvalue weighted by molar-refractivity contribution is -0.119. The average molecular weight is 262 g/mol. The molecule has 0 bridgehead atoms. The van der Waals surface area contributed by atoms with Gasteiger partial charge in [-0.05, 0) is 18.6 Å². The average Bonchev–Trinajstić information content (AvgIpc) is 2.82. The van der Waals surface area contributed by atoms with Crippen LogP contribution in [0.15, 0.2) is 18.2 Å². The van der Waals surface area contributed by atoms with Crippen LogP contribution in [0, 0.1) is 0 Å². The van der Waals surface area contributed by atoms with E-state index in [2.05, 4.69) is 27.9 Å². The fraction of sp³-hybridized carbons (Fsp3) is 0.462. The highest BCUT2D eigenvalue weighted by Crippen LogP contribution is 2.06. The highest BCUT2D eigenvalue weighted by molar-refractivity contribution is 5.93. The van der Waals surface area contributed by atoms with E-state index in [0.717, 1.165) is 13.0 Å². The Morgan fingerprint density at radius 1 is 1.53 bits per heavy atom. The molecule has 3 N–H and O–H groups in total. The van der Waals surface area contributed by atoms with Crippen molar-refractivity contribution in [3.05, 3.63) is 23.9 Å². The van der Waals surface area contributed by atoms with Gasteiger partial charge in [0.05, 0.1) is 6.04 Å². The molecule has 6 nitrogen and oxygen atoms in total. The summed E-state index contributed by atoms with van der Waals surface area (Å²) in [5.41, 5.74) is 0.362. The van der Waals surface area contributed by atoms with Crippen LogP contribution in [0.4, 0.5) is 5.82 Å². The van der Waals surface area contributed by atoms with Crippen LogP contribution in [-0.2, 0) is 4.79 Å². The number of hydrogen-bond acceptors (Lipinski definition) is 4. The molecule has 0 saturated carbocycles. The molecule has 0 spiro atoms. The number of rotatable bonds is 5. The second kappa shape index (κ2) is 6.17. The molecule has 2 rings (SSSR count). The van der Waals surface area contributed by atoms with E-state index in [-0.39, 0.29) is 17.9 Å². The predicted molar refractivity (Wildman–Crippen MR) is 71.9 cm³/mol. The molecule has 1 fully saturated rings. The molecule has 0 aliphatic carbocycles. The van der Waals surface area contributed by atoms with Crippen LogP contribution >= 0.6 is 0 Å². The van der Waals surface area contributed by atoms with Crippen molar-refractivity contribution in [3.63, 3.8) is 0 Å². The molecule has 1 aromatic rings. The predicted octanol–water partition coefficient (Wildman–Crippen LogP) is 0.522. The summed E-state index contributed by atoms with van der Waals surface area (Å²) in [5, 5.41) is 8.61. The van der Waals surface area contributed by atoms with Crippen molar-refractivity contribution in [1.29, 1.82) is 0 Å². The number of pyridine rings is 1. The molecule has 2 amide bonds. The zero-order valence-corrected chi connectivity index (χ0v) is 10.9. The van der Waals surface area contributed by atoms with E-state index in [1.165, 1.54) is 0 Å². The van der Waals surface area contributed by atoms with Crippen molar-refractivity contribution < 1.29 is 9.59 Å². The van der Waals surface area contributed by atoms with E-state index in [4.69, 9.17) is 0 Å². The Morgan fingerprint density at radius 3 is 3.05 bits per heavy atom. The number of aromatic nitrogens is 1. The van der Waals surface area contributed by atoms with E-state index in [9.17, 15) is 9.59 Å². The summed E-state index contributed by atoms with van der Waals surface area (Å²) in [4.78, 5) is 27.3. The van der Waals surface area contributed by atoms with Gasteiger partial charge in [-0.15, -0.1) is 0 Å². The lowest BCUT2D eigenvalue weighted by Gasteiger charge is -2.11. The monoisotopic (exact) mass is 262 g/mol. The third kappa shape index (κ3) is 3.67. The largest absolute Gasteiger partial charge is 0.370 e. The zero-order valence-electron chi connectivity index (χ0n) is 10.9. The van der Waals surface area contributed by atoms with Crippen molar-refractivity contribution in [3.8, 4) is 0 Å². The molecular weight excluding hydrogens is 244 g/mol. The van der Waals surface area contributed by atoms with Crippen molar-refractivity contribution in [2.75, 3.05) is 18.4 Å². The molecule has 1 saturated heterocycles. The van der Waals surface area contributed by atoms with Crippen molar-refractivity contribution in [1.82, 2.24) is 15.6 Å². The van der Waals surface area contributed by atoms with Crippen LogP contribution in [0.1, 0.15) is 30.3 Å². The molecule has 0 radical (unpaired) electrons. The Morgan fingerprint density at radius 2 is 2.37 bits per heavy atom. The van der Waals surface area contributed by atoms with Crippen LogP contribution in [-0.4, -0.2) is 35.9 Å². The van der Waals surface area contributed by atoms with Gasteiger partial charge < -0.3 is 16.0 Å². The Kier molecular flexibility index (Phi) is 4.33. The van der Waals surface area contributed by atoms with E-state index in [1.54, 1.807) is 12.1 Å². The van der Waals surface area contributed by atoms with Crippen LogP contribution in [0.25, 0.3) is 0 Å². The van der Waals surface area contributed by atoms with Gasteiger partial charge in [-0.25, -0.2) is 4.98 Å². The van der Waals surface area contributed by atoms with Gasteiger partial charge in [-0.1, -0.05) is 13.0 Å². The molecular formula is C13H18N4O2. The van der Waals surface area contributed by atoms with Crippen LogP contribution < -0.4 is 16.0 Å². The quantitative estimate of drug-likeness (QED) is 0.722. The molecule has 1 unspecified atom stereocenters. The van der Waals surface area contributed by atoms with Crippen molar-refractivity contribution >= 4 is 17.6 Å². The van der Waals surface area contributed by atoms with Crippen LogP contribution in [0.5, 0.6) is 0 Å². The van der Waals surface area contributed by atoms with E-state index in [1.807, 2.05) is 6.07 Å². The van der Waals surface area contributed by atoms with Gasteiger partial charge in [0.15, 0.2) is 0 Å². The molecule has 19 heavy (non-hydrogen) atoms. The highest BCUT2D eigenvalue weighted by Gasteiger charge is 2.23. The van der Waals surface area contributed by atoms with E-state index in [0.29, 0.717) is 24.5 Å². The fourth-order valence-electron chi connectivity index (χ4n) is 1.88. The van der Waals surface area contributed by atoms with Gasteiger partial charge >= 0.3 is 0 Å². The maximum Gasteiger partial charge on any atom is 0.270 e. The Bertz CT molecular complexity index is 475. The Labute approximate surface area is 112 Å². The minimum atomic E-state index is -0.248. The maximum absolute atomic E-state index is 12.0. The molecule has 2 heterocycles. The lowest BCUT2D eigenvalue weighted by atomic mass is 10.2. The molecule has 1 aliphatic rings. The first-order valence-corrected chi connectivity index (χ1v) is 6.47. The minimum absolute atomic E-state index is 0.0309. The Hall–Kier alpha value is -2.11. The molecule has 1 atom stereocenters. The highest BCUT2D eigenvalue weighted by atomic mass is 16.2. The standard InChI is InChI=1S/C13H18N4O2/c1-2-6-14-11-5-3-4-10(17-11)13(19)16-9-7-12(18)15-8-9/h3-5,9H,2,6-8H2,1H3,(H,14,17)(H,15,18)(H,16,19). The number of carbonyl (C=O) groups excluding carboxylic acids is 2. The SMILES string of the molecule is CCCNc1cccc(C(=O)NC2CNC(=O)C2)n1. The number of carbonyl (C=O) groups is 2. The number of anilines is 1. The van der Waals surface area contributed by atoms with Gasteiger partial charge in [0.2, 0.25) is 5.91 Å². The maximum atomic E-state index is 12.0. The van der Waals surface area contributed by atoms with E-state index < -0.39 is 0 Å². The number of hydrogen-bond donors (Lipinski definition) is 3. The van der Waals surface area contributed by atoms with Gasteiger partial charge in [-0.3, -0.25) is 9.59 Å². The van der Waals surface area contributed by atoms with E-state index >= 15 is 0 Å². The summed E-state index contributed by atoms with van der Waals surface area (Å²) in [7, 11) is 0. The number of nitrogens with zero attached hydrogens (tertiary/aromatic N) is 1. The van der Waals surface area contributed by atoms with Crippen molar-refractivity contribution in [2.24, 2.45) is 0 Å². The summed E-state index contributed by atoms with van der Waals surface area (Å²) in [6, 6.07) is 5.14. The van der Waals surface area contributed by atoms with Crippen LogP contribution in [0.3, 0.4) is 0 Å². The summed E-state index contributed by atoms with van der Waals surface area (Å²) < 4.78 is 0. The summed E-state index contributed by atoms with van der Waals surface area (Å²) in [6.07, 6.45) is 1.33. The zero-order chi connectivity index (χ0) is 13.7.